The van der Waals surface area contributed by atoms with Gasteiger partial charge in [-0.1, -0.05) is 24.3 Å². The molecular formula is C12H18O2. The zero-order chi connectivity index (χ0) is 10.2. The summed E-state index contributed by atoms with van der Waals surface area (Å²) in [4.78, 5) is 11.2. The Kier molecular flexibility index (Phi) is 5.05. The van der Waals surface area contributed by atoms with Gasteiger partial charge in [0.2, 0.25) is 0 Å². The summed E-state index contributed by atoms with van der Waals surface area (Å²) in [6, 6.07) is 0. The smallest absolute Gasteiger partial charge is 0.309 e. The van der Waals surface area contributed by atoms with Crippen LogP contribution in [0.5, 0.6) is 0 Å². The molecular weight excluding hydrogens is 176 g/mol. The molecule has 78 valence electrons. The topological polar surface area (TPSA) is 26.3 Å². The van der Waals surface area contributed by atoms with Crippen LogP contribution in [0.2, 0.25) is 0 Å². The highest BCUT2D eigenvalue weighted by Crippen LogP contribution is 2.08. The molecule has 0 spiro atoms. The van der Waals surface area contributed by atoms with Crippen molar-refractivity contribution in [2.24, 2.45) is 0 Å². The lowest BCUT2D eigenvalue weighted by atomic mass is 10.1. The van der Waals surface area contributed by atoms with Crippen LogP contribution in [0.15, 0.2) is 24.3 Å². The molecule has 0 saturated carbocycles. The SMILES string of the molecule is C[C@@H]1CCCC=CCC=CCC(=O)O1. The Morgan fingerprint density at radius 3 is 2.93 bits per heavy atom. The molecule has 0 bridgehead atoms. The van der Waals surface area contributed by atoms with Crippen LogP contribution in [0.25, 0.3) is 0 Å². The maximum absolute atomic E-state index is 11.2. The molecule has 0 radical (unpaired) electrons. The maximum atomic E-state index is 11.2. The number of cyclic esters (lactones) is 1. The van der Waals surface area contributed by atoms with Gasteiger partial charge in [0.25, 0.3) is 0 Å². The molecule has 0 amide bonds. The Hall–Kier alpha value is -1.05. The third-order valence-corrected chi connectivity index (χ3v) is 2.20. The van der Waals surface area contributed by atoms with Crippen molar-refractivity contribution in [1.82, 2.24) is 0 Å². The van der Waals surface area contributed by atoms with Crippen LogP contribution in [0.4, 0.5) is 0 Å². The summed E-state index contributed by atoms with van der Waals surface area (Å²) in [6.45, 7) is 1.96. The van der Waals surface area contributed by atoms with E-state index in [1.54, 1.807) is 0 Å². The monoisotopic (exact) mass is 194 g/mol. The lowest BCUT2D eigenvalue weighted by Crippen LogP contribution is -2.14. The van der Waals surface area contributed by atoms with Gasteiger partial charge in [-0.15, -0.1) is 0 Å². The molecule has 1 aliphatic heterocycles. The molecule has 1 aliphatic rings. The maximum Gasteiger partial charge on any atom is 0.309 e. The van der Waals surface area contributed by atoms with Gasteiger partial charge in [0.05, 0.1) is 12.5 Å². The fraction of sp³-hybridized carbons (Fsp3) is 0.583. The Bertz CT molecular complexity index is 228. The zero-order valence-corrected chi connectivity index (χ0v) is 8.74. The molecule has 1 heterocycles. The van der Waals surface area contributed by atoms with Crippen LogP contribution >= 0.6 is 0 Å². The highest BCUT2D eigenvalue weighted by Gasteiger charge is 2.07. The summed E-state index contributed by atoms with van der Waals surface area (Å²) in [6.07, 6.45) is 12.7. The van der Waals surface area contributed by atoms with Crippen LogP contribution in [-0.4, -0.2) is 12.1 Å². The summed E-state index contributed by atoms with van der Waals surface area (Å²) in [5, 5.41) is 0. The van der Waals surface area contributed by atoms with E-state index in [0.29, 0.717) is 6.42 Å². The van der Waals surface area contributed by atoms with Gasteiger partial charge < -0.3 is 4.74 Å². The van der Waals surface area contributed by atoms with Crippen LogP contribution < -0.4 is 0 Å². The molecule has 0 fully saturated rings. The molecule has 0 aromatic carbocycles. The molecule has 0 aromatic rings. The second-order valence-electron chi connectivity index (χ2n) is 3.61. The summed E-state index contributed by atoms with van der Waals surface area (Å²) in [5.74, 6) is -0.113. The van der Waals surface area contributed by atoms with Gasteiger partial charge in [-0.25, -0.2) is 0 Å². The van der Waals surface area contributed by atoms with E-state index in [1.807, 2.05) is 19.1 Å². The molecule has 0 aliphatic carbocycles. The van der Waals surface area contributed by atoms with Gasteiger partial charge in [-0.2, -0.15) is 0 Å². The third kappa shape index (κ3) is 4.85. The van der Waals surface area contributed by atoms with Crippen molar-refractivity contribution in [3.8, 4) is 0 Å². The molecule has 0 unspecified atom stereocenters. The predicted octanol–water partition coefficient (Wildman–Crippen LogP) is 2.99. The second-order valence-corrected chi connectivity index (χ2v) is 3.61. The minimum absolute atomic E-state index is 0.0590. The van der Waals surface area contributed by atoms with Crippen molar-refractivity contribution in [3.63, 3.8) is 0 Å². The van der Waals surface area contributed by atoms with E-state index < -0.39 is 0 Å². The first-order valence-corrected chi connectivity index (χ1v) is 5.28. The lowest BCUT2D eigenvalue weighted by molar-refractivity contribution is -0.147. The highest BCUT2D eigenvalue weighted by molar-refractivity contribution is 5.71. The van der Waals surface area contributed by atoms with E-state index in [-0.39, 0.29) is 12.1 Å². The average molecular weight is 194 g/mol. The van der Waals surface area contributed by atoms with E-state index >= 15 is 0 Å². The lowest BCUT2D eigenvalue weighted by Gasteiger charge is -2.11. The van der Waals surface area contributed by atoms with E-state index in [4.69, 9.17) is 4.74 Å². The molecule has 2 heteroatoms. The van der Waals surface area contributed by atoms with Crippen LogP contribution in [-0.2, 0) is 9.53 Å². The quantitative estimate of drug-likeness (QED) is 0.437. The van der Waals surface area contributed by atoms with Crippen molar-refractivity contribution < 1.29 is 9.53 Å². The van der Waals surface area contributed by atoms with Gasteiger partial charge >= 0.3 is 5.97 Å². The molecule has 1 rings (SSSR count). The first kappa shape index (κ1) is 11.0. The fourth-order valence-corrected chi connectivity index (χ4v) is 1.42. The van der Waals surface area contributed by atoms with Crippen molar-refractivity contribution in [2.45, 2.75) is 45.1 Å². The predicted molar refractivity (Wildman–Crippen MR) is 56.9 cm³/mol. The van der Waals surface area contributed by atoms with E-state index in [2.05, 4.69) is 12.2 Å². The number of hydrogen-bond acceptors (Lipinski definition) is 2. The number of carbonyl (C=O) groups is 1. The Morgan fingerprint density at radius 1 is 1.29 bits per heavy atom. The third-order valence-electron chi connectivity index (χ3n) is 2.20. The fourth-order valence-electron chi connectivity index (χ4n) is 1.42. The number of carbonyl (C=O) groups excluding carboxylic acids is 1. The van der Waals surface area contributed by atoms with Crippen LogP contribution in [0.3, 0.4) is 0 Å². The molecule has 1 atom stereocenters. The number of hydrogen-bond donors (Lipinski definition) is 0. The molecule has 14 heavy (non-hydrogen) atoms. The van der Waals surface area contributed by atoms with Gasteiger partial charge in [0.1, 0.15) is 0 Å². The van der Waals surface area contributed by atoms with Gasteiger partial charge in [-0.3, -0.25) is 4.79 Å². The number of esters is 1. The van der Waals surface area contributed by atoms with Crippen molar-refractivity contribution in [3.05, 3.63) is 24.3 Å². The van der Waals surface area contributed by atoms with E-state index in [1.165, 1.54) is 0 Å². The molecule has 0 saturated heterocycles. The minimum Gasteiger partial charge on any atom is -0.462 e. The number of allylic oxidation sites excluding steroid dienone is 3. The summed E-state index contributed by atoms with van der Waals surface area (Å²) < 4.78 is 5.21. The second kappa shape index (κ2) is 6.41. The van der Waals surface area contributed by atoms with Crippen LogP contribution in [0, 0.1) is 0 Å². The standard InChI is InChI=1S/C12H18O2/c1-11-9-7-5-3-2-4-6-8-10-12(13)14-11/h2-3,6,8,11H,4-5,7,9-10H2,1H3/t11-/m1/s1. The Morgan fingerprint density at radius 2 is 2.07 bits per heavy atom. The van der Waals surface area contributed by atoms with Gasteiger partial charge in [0, 0.05) is 0 Å². The molecule has 2 nitrogen and oxygen atoms in total. The zero-order valence-electron chi connectivity index (χ0n) is 8.74. The van der Waals surface area contributed by atoms with Crippen molar-refractivity contribution in [1.29, 1.82) is 0 Å². The van der Waals surface area contributed by atoms with Crippen molar-refractivity contribution >= 4 is 5.97 Å². The van der Waals surface area contributed by atoms with E-state index in [9.17, 15) is 4.79 Å². The Balaban J connectivity index is 2.44. The molecule has 0 aromatic heterocycles. The summed E-state index contributed by atoms with van der Waals surface area (Å²) in [5.41, 5.74) is 0. The summed E-state index contributed by atoms with van der Waals surface area (Å²) >= 11 is 0. The van der Waals surface area contributed by atoms with Crippen LogP contribution in [0.1, 0.15) is 39.0 Å². The molecule has 0 N–H and O–H groups in total. The van der Waals surface area contributed by atoms with E-state index in [0.717, 1.165) is 25.7 Å². The van der Waals surface area contributed by atoms with Crippen molar-refractivity contribution in [2.75, 3.05) is 0 Å². The van der Waals surface area contributed by atoms with Gasteiger partial charge in [0.15, 0.2) is 0 Å². The first-order chi connectivity index (χ1) is 6.79. The highest BCUT2D eigenvalue weighted by atomic mass is 16.5. The van der Waals surface area contributed by atoms with Gasteiger partial charge in [-0.05, 0) is 32.6 Å². The average Bonchev–Trinajstić information content (AvgIpc) is 2.13. The number of ether oxygens (including phenoxy) is 1. The summed E-state index contributed by atoms with van der Waals surface area (Å²) in [7, 11) is 0. The number of rotatable bonds is 0. The minimum atomic E-state index is -0.113. The Labute approximate surface area is 85.6 Å². The largest absolute Gasteiger partial charge is 0.462 e. The first-order valence-electron chi connectivity index (χ1n) is 5.28. The normalized spacial score (nSPS) is 24.9.